The first-order valence-corrected chi connectivity index (χ1v) is 7.72. The van der Waals surface area contributed by atoms with E-state index >= 15 is 0 Å². The lowest BCUT2D eigenvalue weighted by molar-refractivity contribution is -0.00653. The smallest absolute Gasteiger partial charge is 0.0506 e. The zero-order valence-electron chi connectivity index (χ0n) is 11.1. The maximum Gasteiger partial charge on any atom is 0.0506 e. The van der Waals surface area contributed by atoms with Gasteiger partial charge in [0.1, 0.15) is 0 Å². The van der Waals surface area contributed by atoms with Crippen molar-refractivity contribution in [2.75, 3.05) is 32.8 Å². The molecule has 2 heterocycles. The Balaban J connectivity index is 1.36. The van der Waals surface area contributed by atoms with Gasteiger partial charge in [-0.2, -0.15) is 0 Å². The standard InChI is InChI=1S/C15H27NO/c1-2-6-14(7-3-1)15-10-16(11-15)9-13-5-4-8-17-12-13/h13-15H,1-12H2. The maximum absolute atomic E-state index is 5.57. The molecular formula is C15H27NO. The summed E-state index contributed by atoms with van der Waals surface area (Å²) in [5.41, 5.74) is 0. The fourth-order valence-electron chi connectivity index (χ4n) is 3.98. The van der Waals surface area contributed by atoms with Gasteiger partial charge in [0, 0.05) is 26.2 Å². The quantitative estimate of drug-likeness (QED) is 0.748. The van der Waals surface area contributed by atoms with E-state index in [1.165, 1.54) is 64.6 Å². The van der Waals surface area contributed by atoms with Crippen molar-refractivity contribution in [1.29, 1.82) is 0 Å². The largest absolute Gasteiger partial charge is 0.381 e. The molecule has 3 rings (SSSR count). The molecule has 17 heavy (non-hydrogen) atoms. The van der Waals surface area contributed by atoms with Crippen LogP contribution in [0.15, 0.2) is 0 Å². The fourth-order valence-corrected chi connectivity index (χ4v) is 3.98. The van der Waals surface area contributed by atoms with Gasteiger partial charge in [-0.15, -0.1) is 0 Å². The van der Waals surface area contributed by atoms with Crippen molar-refractivity contribution in [2.24, 2.45) is 17.8 Å². The van der Waals surface area contributed by atoms with E-state index in [0.717, 1.165) is 31.0 Å². The Hall–Kier alpha value is -0.0800. The minimum atomic E-state index is 0.830. The second-order valence-corrected chi connectivity index (χ2v) is 6.46. The first kappa shape index (κ1) is 12.0. The van der Waals surface area contributed by atoms with E-state index in [0.29, 0.717) is 0 Å². The van der Waals surface area contributed by atoms with Crippen molar-refractivity contribution < 1.29 is 4.74 Å². The molecule has 2 aliphatic heterocycles. The van der Waals surface area contributed by atoms with Crippen LogP contribution in [0.5, 0.6) is 0 Å². The van der Waals surface area contributed by atoms with Crippen molar-refractivity contribution in [3.05, 3.63) is 0 Å². The second-order valence-electron chi connectivity index (χ2n) is 6.46. The lowest BCUT2D eigenvalue weighted by atomic mass is 9.76. The maximum atomic E-state index is 5.57. The summed E-state index contributed by atoms with van der Waals surface area (Å²) in [6.07, 6.45) is 10.2. The van der Waals surface area contributed by atoms with Crippen molar-refractivity contribution in [1.82, 2.24) is 4.90 Å². The summed E-state index contributed by atoms with van der Waals surface area (Å²) in [5, 5.41) is 0. The Morgan fingerprint density at radius 2 is 1.71 bits per heavy atom. The van der Waals surface area contributed by atoms with Crippen LogP contribution in [0.2, 0.25) is 0 Å². The third-order valence-electron chi connectivity index (χ3n) is 5.07. The van der Waals surface area contributed by atoms with E-state index in [1.807, 2.05) is 0 Å². The van der Waals surface area contributed by atoms with Gasteiger partial charge in [-0.3, -0.25) is 0 Å². The van der Waals surface area contributed by atoms with E-state index in [1.54, 1.807) is 0 Å². The molecule has 2 heteroatoms. The SMILES string of the molecule is C1CCC(C2CN(CC3CCCOC3)C2)CC1. The van der Waals surface area contributed by atoms with Crippen LogP contribution in [0.4, 0.5) is 0 Å². The summed E-state index contributed by atoms with van der Waals surface area (Å²) in [7, 11) is 0. The number of hydrogen-bond donors (Lipinski definition) is 0. The Labute approximate surface area is 106 Å². The molecule has 0 spiro atoms. The third kappa shape index (κ3) is 3.03. The molecule has 0 aromatic rings. The number of rotatable bonds is 3. The van der Waals surface area contributed by atoms with Crippen LogP contribution >= 0.6 is 0 Å². The highest BCUT2D eigenvalue weighted by Gasteiger charge is 2.34. The summed E-state index contributed by atoms with van der Waals surface area (Å²) >= 11 is 0. The van der Waals surface area contributed by atoms with Gasteiger partial charge in [0.15, 0.2) is 0 Å². The fraction of sp³-hybridized carbons (Fsp3) is 1.00. The van der Waals surface area contributed by atoms with Gasteiger partial charge in [-0.1, -0.05) is 32.1 Å². The first-order valence-electron chi connectivity index (χ1n) is 7.72. The molecule has 2 nitrogen and oxygen atoms in total. The highest BCUT2D eigenvalue weighted by Crippen LogP contribution is 2.35. The molecular weight excluding hydrogens is 210 g/mol. The monoisotopic (exact) mass is 237 g/mol. The molecule has 0 aromatic heterocycles. The van der Waals surface area contributed by atoms with Crippen LogP contribution in [-0.2, 0) is 4.74 Å². The number of hydrogen-bond acceptors (Lipinski definition) is 2. The predicted octanol–water partition coefficient (Wildman–Crippen LogP) is 2.93. The van der Waals surface area contributed by atoms with Gasteiger partial charge in [0.05, 0.1) is 6.61 Å². The zero-order chi connectivity index (χ0) is 11.5. The van der Waals surface area contributed by atoms with E-state index in [-0.39, 0.29) is 0 Å². The average molecular weight is 237 g/mol. The second kappa shape index (κ2) is 5.71. The molecule has 1 saturated carbocycles. The minimum Gasteiger partial charge on any atom is -0.381 e. The lowest BCUT2D eigenvalue weighted by Crippen LogP contribution is -2.52. The predicted molar refractivity (Wildman–Crippen MR) is 70.0 cm³/mol. The van der Waals surface area contributed by atoms with Crippen LogP contribution < -0.4 is 0 Å². The highest BCUT2D eigenvalue weighted by atomic mass is 16.5. The molecule has 3 fully saturated rings. The topological polar surface area (TPSA) is 12.5 Å². The molecule has 0 N–H and O–H groups in total. The summed E-state index contributed by atoms with van der Waals surface area (Å²) in [4.78, 5) is 2.68. The number of nitrogens with zero attached hydrogens (tertiary/aromatic N) is 1. The molecule has 3 aliphatic rings. The van der Waals surface area contributed by atoms with E-state index in [9.17, 15) is 0 Å². The Kier molecular flexibility index (Phi) is 4.02. The van der Waals surface area contributed by atoms with Crippen molar-refractivity contribution in [3.8, 4) is 0 Å². The Bertz CT molecular complexity index is 225. The van der Waals surface area contributed by atoms with Crippen LogP contribution in [-0.4, -0.2) is 37.7 Å². The summed E-state index contributed by atoms with van der Waals surface area (Å²) < 4.78 is 5.57. The Morgan fingerprint density at radius 3 is 2.41 bits per heavy atom. The summed E-state index contributed by atoms with van der Waals surface area (Å²) in [6.45, 7) is 6.11. The first-order chi connectivity index (χ1) is 8.42. The number of ether oxygens (including phenoxy) is 1. The summed E-state index contributed by atoms with van der Waals surface area (Å²) in [6, 6.07) is 0. The van der Waals surface area contributed by atoms with Crippen molar-refractivity contribution in [3.63, 3.8) is 0 Å². The van der Waals surface area contributed by atoms with E-state index in [2.05, 4.69) is 4.90 Å². The Morgan fingerprint density at radius 1 is 0.882 bits per heavy atom. The van der Waals surface area contributed by atoms with Crippen LogP contribution in [0.3, 0.4) is 0 Å². The van der Waals surface area contributed by atoms with Crippen LogP contribution in [0.25, 0.3) is 0 Å². The minimum absolute atomic E-state index is 0.830. The van der Waals surface area contributed by atoms with Gasteiger partial charge >= 0.3 is 0 Å². The molecule has 0 amide bonds. The summed E-state index contributed by atoms with van der Waals surface area (Å²) in [5.74, 6) is 2.94. The highest BCUT2D eigenvalue weighted by molar-refractivity contribution is 4.87. The van der Waals surface area contributed by atoms with Crippen molar-refractivity contribution in [2.45, 2.75) is 44.9 Å². The molecule has 1 atom stereocenters. The van der Waals surface area contributed by atoms with E-state index in [4.69, 9.17) is 4.74 Å². The van der Waals surface area contributed by atoms with Gasteiger partial charge in [-0.25, -0.2) is 0 Å². The van der Waals surface area contributed by atoms with Gasteiger partial charge in [0.25, 0.3) is 0 Å². The molecule has 0 radical (unpaired) electrons. The lowest BCUT2D eigenvalue weighted by Gasteiger charge is -2.46. The molecule has 0 bridgehead atoms. The van der Waals surface area contributed by atoms with Crippen molar-refractivity contribution >= 4 is 0 Å². The van der Waals surface area contributed by atoms with E-state index < -0.39 is 0 Å². The molecule has 1 aliphatic carbocycles. The van der Waals surface area contributed by atoms with Gasteiger partial charge < -0.3 is 9.64 Å². The third-order valence-corrected chi connectivity index (χ3v) is 5.07. The molecule has 0 aromatic carbocycles. The molecule has 98 valence electrons. The normalized spacial score (nSPS) is 33.5. The molecule has 1 unspecified atom stereocenters. The number of likely N-dealkylation sites (tertiary alicyclic amines) is 1. The average Bonchev–Trinajstić information content (AvgIpc) is 2.36. The zero-order valence-corrected chi connectivity index (χ0v) is 11.1. The van der Waals surface area contributed by atoms with Crippen LogP contribution in [0.1, 0.15) is 44.9 Å². The van der Waals surface area contributed by atoms with Gasteiger partial charge in [-0.05, 0) is 30.6 Å². The van der Waals surface area contributed by atoms with Crippen LogP contribution in [0, 0.1) is 17.8 Å². The van der Waals surface area contributed by atoms with Gasteiger partial charge in [0.2, 0.25) is 0 Å². The molecule has 2 saturated heterocycles.